The number of rotatable bonds is 4. The van der Waals surface area contributed by atoms with Crippen molar-refractivity contribution in [3.05, 3.63) is 33.6 Å². The van der Waals surface area contributed by atoms with Crippen LogP contribution in [0.3, 0.4) is 0 Å². The lowest BCUT2D eigenvalue weighted by Gasteiger charge is -2.35. The number of aliphatic hydroxyl groups excluding tert-OH is 1. The molecule has 1 aliphatic rings. The van der Waals surface area contributed by atoms with E-state index in [4.69, 9.17) is 23.2 Å². The number of nitrogens with one attached hydrogen (secondary N) is 1. The number of nitrogens with zero attached hydrogens (tertiary/aromatic N) is 1. The standard InChI is InChI=1S/C13H17Cl2FN2O.ClH/c14-9-1-2-10(16)12(13(9)15)11(3-8-19)18-6-4-17-5-7-18;/h1-2,11,17,19H,3-8H2;1H/t11-;/m0./s1. The molecule has 0 bridgehead atoms. The smallest absolute Gasteiger partial charge is 0.129 e. The van der Waals surface area contributed by atoms with Crippen LogP contribution in [0.4, 0.5) is 4.39 Å². The minimum absolute atomic E-state index is 0. The molecule has 1 aromatic carbocycles. The SMILES string of the molecule is Cl.OCC[C@@H](c1c(F)ccc(Cl)c1Cl)N1CCNCC1. The second-order valence-electron chi connectivity index (χ2n) is 4.57. The van der Waals surface area contributed by atoms with E-state index in [1.54, 1.807) is 0 Å². The number of benzene rings is 1. The lowest BCUT2D eigenvalue weighted by molar-refractivity contribution is 0.138. The van der Waals surface area contributed by atoms with Crippen LogP contribution in [0, 0.1) is 5.82 Å². The highest BCUT2D eigenvalue weighted by atomic mass is 35.5. The van der Waals surface area contributed by atoms with E-state index < -0.39 is 0 Å². The minimum Gasteiger partial charge on any atom is -0.396 e. The Bertz CT molecular complexity index is 442. The van der Waals surface area contributed by atoms with E-state index in [0.29, 0.717) is 17.0 Å². The third kappa shape index (κ3) is 3.97. The van der Waals surface area contributed by atoms with Gasteiger partial charge in [-0.2, -0.15) is 0 Å². The van der Waals surface area contributed by atoms with Gasteiger partial charge in [0.05, 0.1) is 10.0 Å². The van der Waals surface area contributed by atoms with Gasteiger partial charge in [-0.05, 0) is 18.6 Å². The Morgan fingerprint density at radius 2 is 1.95 bits per heavy atom. The average molecular weight is 344 g/mol. The largest absolute Gasteiger partial charge is 0.396 e. The molecule has 0 amide bonds. The van der Waals surface area contributed by atoms with Crippen molar-refractivity contribution in [1.82, 2.24) is 10.2 Å². The van der Waals surface area contributed by atoms with Gasteiger partial charge in [-0.3, -0.25) is 4.90 Å². The zero-order chi connectivity index (χ0) is 13.8. The van der Waals surface area contributed by atoms with Gasteiger partial charge in [0.25, 0.3) is 0 Å². The predicted octanol–water partition coefficient (Wildman–Crippen LogP) is 2.88. The van der Waals surface area contributed by atoms with Crippen LogP contribution in [-0.4, -0.2) is 42.8 Å². The molecule has 0 spiro atoms. The summed E-state index contributed by atoms with van der Waals surface area (Å²) in [6.45, 7) is 3.28. The van der Waals surface area contributed by atoms with E-state index in [1.807, 2.05) is 0 Å². The summed E-state index contributed by atoms with van der Waals surface area (Å²) in [5.74, 6) is -0.369. The first-order chi connectivity index (χ1) is 9.15. The first-order valence-corrected chi connectivity index (χ1v) is 7.09. The summed E-state index contributed by atoms with van der Waals surface area (Å²) in [6, 6.07) is 2.55. The molecule has 0 unspecified atom stereocenters. The van der Waals surface area contributed by atoms with Crippen molar-refractivity contribution in [2.75, 3.05) is 32.8 Å². The first kappa shape index (κ1) is 18.0. The van der Waals surface area contributed by atoms with E-state index in [0.717, 1.165) is 26.2 Å². The van der Waals surface area contributed by atoms with Crippen LogP contribution in [0.1, 0.15) is 18.0 Å². The Kier molecular flexibility index (Phi) is 7.51. The molecule has 1 heterocycles. The van der Waals surface area contributed by atoms with Gasteiger partial charge in [0.1, 0.15) is 5.82 Å². The van der Waals surface area contributed by atoms with Crippen LogP contribution in [0.2, 0.25) is 10.0 Å². The number of halogens is 4. The van der Waals surface area contributed by atoms with Gasteiger partial charge in [0.15, 0.2) is 0 Å². The van der Waals surface area contributed by atoms with E-state index in [2.05, 4.69) is 10.2 Å². The maximum atomic E-state index is 14.1. The number of hydrogen-bond acceptors (Lipinski definition) is 3. The van der Waals surface area contributed by atoms with Gasteiger partial charge in [-0.25, -0.2) is 4.39 Å². The molecule has 7 heteroatoms. The average Bonchev–Trinajstić information content (AvgIpc) is 2.43. The highest BCUT2D eigenvalue weighted by Gasteiger charge is 2.27. The summed E-state index contributed by atoms with van der Waals surface area (Å²) >= 11 is 12.1. The third-order valence-electron chi connectivity index (χ3n) is 3.41. The molecule has 0 saturated carbocycles. The van der Waals surface area contributed by atoms with Crippen LogP contribution >= 0.6 is 35.6 Å². The fourth-order valence-corrected chi connectivity index (χ4v) is 2.92. The summed E-state index contributed by atoms with van der Waals surface area (Å²) < 4.78 is 14.1. The molecule has 0 aromatic heterocycles. The monoisotopic (exact) mass is 342 g/mol. The Labute approximate surface area is 134 Å². The van der Waals surface area contributed by atoms with Crippen molar-refractivity contribution in [2.24, 2.45) is 0 Å². The van der Waals surface area contributed by atoms with Gasteiger partial charge >= 0.3 is 0 Å². The number of aliphatic hydroxyl groups is 1. The molecular weight excluding hydrogens is 326 g/mol. The second kappa shape index (κ2) is 8.37. The molecule has 1 saturated heterocycles. The van der Waals surface area contributed by atoms with E-state index in [-0.39, 0.29) is 35.9 Å². The quantitative estimate of drug-likeness (QED) is 0.825. The lowest BCUT2D eigenvalue weighted by atomic mass is 10.0. The number of hydrogen-bond donors (Lipinski definition) is 2. The lowest BCUT2D eigenvalue weighted by Crippen LogP contribution is -2.45. The molecule has 1 aliphatic heterocycles. The summed E-state index contributed by atoms with van der Waals surface area (Å²) in [6.07, 6.45) is 0.441. The predicted molar refractivity (Wildman–Crippen MR) is 82.6 cm³/mol. The third-order valence-corrected chi connectivity index (χ3v) is 4.23. The molecule has 1 atom stereocenters. The van der Waals surface area contributed by atoms with Crippen molar-refractivity contribution in [2.45, 2.75) is 12.5 Å². The molecule has 2 rings (SSSR count). The van der Waals surface area contributed by atoms with E-state index in [1.165, 1.54) is 12.1 Å². The topological polar surface area (TPSA) is 35.5 Å². The van der Waals surface area contributed by atoms with Crippen molar-refractivity contribution in [3.8, 4) is 0 Å². The van der Waals surface area contributed by atoms with Crippen LogP contribution in [0.15, 0.2) is 12.1 Å². The van der Waals surface area contributed by atoms with Gasteiger partial charge in [0, 0.05) is 44.4 Å². The van der Waals surface area contributed by atoms with Gasteiger partial charge in [0.2, 0.25) is 0 Å². The summed E-state index contributed by atoms with van der Waals surface area (Å²) in [5, 5.41) is 13.1. The fourth-order valence-electron chi connectivity index (χ4n) is 2.47. The Balaban J connectivity index is 0.00000200. The van der Waals surface area contributed by atoms with Crippen LogP contribution in [0.25, 0.3) is 0 Å². The van der Waals surface area contributed by atoms with Crippen molar-refractivity contribution < 1.29 is 9.50 Å². The Hall–Kier alpha value is -0.100. The van der Waals surface area contributed by atoms with E-state index >= 15 is 0 Å². The fraction of sp³-hybridized carbons (Fsp3) is 0.538. The molecule has 0 aliphatic carbocycles. The highest BCUT2D eigenvalue weighted by molar-refractivity contribution is 6.42. The van der Waals surface area contributed by atoms with Crippen molar-refractivity contribution in [1.29, 1.82) is 0 Å². The second-order valence-corrected chi connectivity index (χ2v) is 5.36. The minimum atomic E-state index is -0.369. The maximum Gasteiger partial charge on any atom is 0.129 e. The normalized spacial score (nSPS) is 17.6. The molecule has 1 aromatic rings. The van der Waals surface area contributed by atoms with Gasteiger partial charge < -0.3 is 10.4 Å². The zero-order valence-electron chi connectivity index (χ0n) is 10.9. The van der Waals surface area contributed by atoms with Gasteiger partial charge in [-0.15, -0.1) is 12.4 Å². The zero-order valence-corrected chi connectivity index (χ0v) is 13.2. The summed E-state index contributed by atoms with van der Waals surface area (Å²) in [4.78, 5) is 2.13. The molecule has 2 N–H and O–H groups in total. The van der Waals surface area contributed by atoms with Crippen molar-refractivity contribution >= 4 is 35.6 Å². The molecule has 0 radical (unpaired) electrons. The summed E-state index contributed by atoms with van der Waals surface area (Å²) in [5.41, 5.74) is 0.394. The van der Waals surface area contributed by atoms with Crippen LogP contribution in [0.5, 0.6) is 0 Å². The maximum absolute atomic E-state index is 14.1. The van der Waals surface area contributed by atoms with E-state index in [9.17, 15) is 9.50 Å². The molecule has 114 valence electrons. The molecule has 3 nitrogen and oxygen atoms in total. The summed E-state index contributed by atoms with van der Waals surface area (Å²) in [7, 11) is 0. The van der Waals surface area contributed by atoms with Crippen molar-refractivity contribution in [3.63, 3.8) is 0 Å². The molecule has 1 fully saturated rings. The van der Waals surface area contributed by atoms with Crippen LogP contribution < -0.4 is 5.32 Å². The number of piperazine rings is 1. The molecule has 20 heavy (non-hydrogen) atoms. The van der Waals surface area contributed by atoms with Gasteiger partial charge in [-0.1, -0.05) is 23.2 Å². The Morgan fingerprint density at radius 3 is 2.55 bits per heavy atom. The van der Waals surface area contributed by atoms with Crippen LogP contribution in [-0.2, 0) is 0 Å². The molecular formula is C13H18Cl3FN2O. The highest BCUT2D eigenvalue weighted by Crippen LogP contribution is 2.36. The first-order valence-electron chi connectivity index (χ1n) is 6.34. The Morgan fingerprint density at radius 1 is 1.30 bits per heavy atom.